The number of quaternary nitrogens is 1. The molecule has 1 unspecified atom stereocenters. The molecule has 0 amide bonds. The Bertz CT molecular complexity index is 184. The highest BCUT2D eigenvalue weighted by atomic mass is 31.2. The van der Waals surface area contributed by atoms with Gasteiger partial charge >= 0.3 is 0 Å². The summed E-state index contributed by atoms with van der Waals surface area (Å²) < 4.78 is 14.4. The maximum Gasteiger partial charge on any atom is 0.265 e. The highest BCUT2D eigenvalue weighted by Crippen LogP contribution is 2.30. The molecule has 0 aromatic heterocycles. The third-order valence-electron chi connectivity index (χ3n) is 2.25. The van der Waals surface area contributed by atoms with E-state index in [4.69, 9.17) is 4.89 Å². The van der Waals surface area contributed by atoms with Gasteiger partial charge in [-0.25, -0.2) is 0 Å². The summed E-state index contributed by atoms with van der Waals surface area (Å²) in [6, 6.07) is 0. The van der Waals surface area contributed by atoms with E-state index in [1.165, 1.54) is 32.1 Å². The first kappa shape index (κ1) is 18.4. The lowest BCUT2D eigenvalue weighted by atomic mass is 10.1. The molecule has 0 aliphatic rings. The van der Waals surface area contributed by atoms with Crippen molar-refractivity contribution in [3.05, 3.63) is 0 Å². The van der Waals surface area contributed by atoms with E-state index >= 15 is 0 Å². The summed E-state index contributed by atoms with van der Waals surface area (Å²) in [6.07, 6.45) is 9.08. The minimum absolute atomic E-state index is 0. The Morgan fingerprint density at radius 3 is 1.94 bits per heavy atom. The van der Waals surface area contributed by atoms with Crippen LogP contribution in [0.5, 0.6) is 0 Å². The highest BCUT2D eigenvalue weighted by molar-refractivity contribution is 7.44. The van der Waals surface area contributed by atoms with Crippen molar-refractivity contribution in [1.29, 1.82) is 0 Å². The van der Waals surface area contributed by atoms with Crippen LogP contribution in [0.4, 0.5) is 0 Å². The monoisotopic (exact) mass is 255 g/mol. The second-order valence-corrected chi connectivity index (χ2v) is 4.97. The van der Waals surface area contributed by atoms with Gasteiger partial charge in [0.25, 0.3) is 7.82 Å². The van der Waals surface area contributed by atoms with Crippen molar-refractivity contribution in [1.82, 2.24) is 6.15 Å². The fraction of sp³-hybridized carbons (Fsp3) is 1.00. The summed E-state index contributed by atoms with van der Waals surface area (Å²) >= 11 is 0. The molecule has 0 saturated carbocycles. The van der Waals surface area contributed by atoms with Crippen LogP contribution in [0.25, 0.3) is 0 Å². The van der Waals surface area contributed by atoms with Crippen LogP contribution in [0, 0.1) is 0 Å². The molecule has 0 heterocycles. The van der Waals surface area contributed by atoms with Gasteiger partial charge in [0.2, 0.25) is 0 Å². The molecule has 16 heavy (non-hydrogen) atoms. The summed E-state index contributed by atoms with van der Waals surface area (Å²) in [5.74, 6) is 0. The van der Waals surface area contributed by atoms with Crippen LogP contribution in [0.15, 0.2) is 0 Å². The van der Waals surface area contributed by atoms with Gasteiger partial charge < -0.3 is 20.5 Å². The van der Waals surface area contributed by atoms with Crippen molar-refractivity contribution in [2.45, 2.75) is 58.3 Å². The van der Waals surface area contributed by atoms with Gasteiger partial charge in [0.1, 0.15) is 0 Å². The molecule has 0 aromatic rings. The molecule has 0 aromatic carbocycles. The van der Waals surface area contributed by atoms with Gasteiger partial charge in [-0.1, -0.05) is 51.9 Å². The predicted octanol–water partition coefficient (Wildman–Crippen LogP) is 2.98. The molecular weight excluding hydrogens is 229 g/mol. The van der Waals surface area contributed by atoms with Crippen molar-refractivity contribution in [3.63, 3.8) is 0 Å². The Labute approximate surface area is 98.4 Å². The number of unbranched alkanes of at least 4 members (excludes halogenated alkanes) is 7. The van der Waals surface area contributed by atoms with Crippen molar-refractivity contribution in [2.75, 3.05) is 6.61 Å². The molecule has 0 fully saturated rings. The second kappa shape index (κ2) is 11.6. The molecule has 0 aliphatic carbocycles. The van der Waals surface area contributed by atoms with E-state index in [0.717, 1.165) is 12.8 Å². The quantitative estimate of drug-likeness (QED) is 0.462. The number of hydrogen-bond acceptors (Lipinski definition) is 3. The molecule has 0 saturated heterocycles. The van der Waals surface area contributed by atoms with Gasteiger partial charge in [0.05, 0.1) is 6.61 Å². The Kier molecular flexibility index (Phi) is 13.3. The van der Waals surface area contributed by atoms with Crippen molar-refractivity contribution in [3.8, 4) is 0 Å². The standard InChI is InChI=1S/C10H23O4P.H3N/c1-2-3-4-5-6-7-8-9-10-14-15(11,12)13;/h2-10H2,1H3,(H2,11,12,13);1H3. The van der Waals surface area contributed by atoms with Gasteiger partial charge in [0.15, 0.2) is 0 Å². The maximum atomic E-state index is 10.2. The molecule has 0 bridgehead atoms. The van der Waals surface area contributed by atoms with Crippen LogP contribution in [0.1, 0.15) is 58.3 Å². The number of phosphoric acid groups is 1. The fourth-order valence-electron chi connectivity index (χ4n) is 1.42. The lowest BCUT2D eigenvalue weighted by Gasteiger charge is -2.14. The Hall–Kier alpha value is 0.0700. The van der Waals surface area contributed by atoms with Gasteiger partial charge in [-0.2, -0.15) is 0 Å². The molecule has 1 atom stereocenters. The molecule has 100 valence electrons. The SMILES string of the molecule is CCCCCCCCCCOP(=O)([O-])O.[NH4+]. The van der Waals surface area contributed by atoms with E-state index in [9.17, 15) is 9.46 Å². The number of hydrogen-bond donors (Lipinski definition) is 2. The average molecular weight is 255 g/mol. The topological polar surface area (TPSA) is 106 Å². The van der Waals surface area contributed by atoms with Crippen LogP contribution in [0.2, 0.25) is 0 Å². The van der Waals surface area contributed by atoms with Gasteiger partial charge in [-0.3, -0.25) is 4.57 Å². The van der Waals surface area contributed by atoms with Gasteiger partial charge in [0, 0.05) is 0 Å². The van der Waals surface area contributed by atoms with Crippen LogP contribution in [-0.4, -0.2) is 11.5 Å². The number of phosphoric ester groups is 1. The van der Waals surface area contributed by atoms with E-state index in [-0.39, 0.29) is 12.8 Å². The predicted molar refractivity (Wildman–Crippen MR) is 64.4 cm³/mol. The zero-order valence-electron chi connectivity index (χ0n) is 10.5. The third kappa shape index (κ3) is 16.5. The molecule has 0 radical (unpaired) electrons. The smallest absolute Gasteiger partial charge is 0.265 e. The lowest BCUT2D eigenvalue weighted by molar-refractivity contribution is -0.219. The first-order valence-corrected chi connectivity index (χ1v) is 7.24. The maximum absolute atomic E-state index is 10.2. The second-order valence-electron chi connectivity index (χ2n) is 3.78. The first-order valence-electron chi connectivity index (χ1n) is 5.74. The van der Waals surface area contributed by atoms with E-state index in [0.29, 0.717) is 6.42 Å². The summed E-state index contributed by atoms with van der Waals surface area (Å²) in [4.78, 5) is 18.5. The van der Waals surface area contributed by atoms with Crippen molar-refractivity contribution in [2.24, 2.45) is 0 Å². The number of rotatable bonds is 10. The zero-order chi connectivity index (χ0) is 11.6. The molecule has 0 spiro atoms. The summed E-state index contributed by atoms with van der Waals surface area (Å²) in [6.45, 7) is 2.29. The van der Waals surface area contributed by atoms with Gasteiger partial charge in [-0.05, 0) is 6.42 Å². The highest BCUT2D eigenvalue weighted by Gasteiger charge is 2.00. The minimum atomic E-state index is -4.49. The minimum Gasteiger partial charge on any atom is -0.756 e. The van der Waals surface area contributed by atoms with E-state index in [1.807, 2.05) is 0 Å². The first-order chi connectivity index (χ1) is 7.06. The summed E-state index contributed by atoms with van der Waals surface area (Å²) in [5, 5.41) is 0. The van der Waals surface area contributed by atoms with Gasteiger partial charge in [-0.15, -0.1) is 0 Å². The molecule has 5 nitrogen and oxygen atoms in total. The van der Waals surface area contributed by atoms with E-state index < -0.39 is 7.82 Å². The third-order valence-corrected chi connectivity index (χ3v) is 2.76. The van der Waals surface area contributed by atoms with Crippen LogP contribution in [-0.2, 0) is 9.09 Å². The normalized spacial score (nSPS) is 14.2. The molecule has 0 aliphatic heterocycles. The van der Waals surface area contributed by atoms with Crippen molar-refractivity contribution >= 4 is 7.82 Å². The Morgan fingerprint density at radius 2 is 1.50 bits per heavy atom. The van der Waals surface area contributed by atoms with Crippen LogP contribution < -0.4 is 11.0 Å². The Morgan fingerprint density at radius 1 is 1.06 bits per heavy atom. The summed E-state index contributed by atoms with van der Waals surface area (Å²) in [5.41, 5.74) is 0. The van der Waals surface area contributed by atoms with Crippen LogP contribution in [0.3, 0.4) is 0 Å². The molecule has 6 heteroatoms. The lowest BCUT2D eigenvalue weighted by Crippen LogP contribution is -2.04. The average Bonchev–Trinajstić information content (AvgIpc) is 2.14. The van der Waals surface area contributed by atoms with E-state index in [2.05, 4.69) is 11.4 Å². The van der Waals surface area contributed by atoms with Crippen LogP contribution >= 0.6 is 7.82 Å². The zero-order valence-corrected chi connectivity index (χ0v) is 11.4. The molecular formula is C10H26NO4P. The van der Waals surface area contributed by atoms with Crippen molar-refractivity contribution < 1.29 is 18.9 Å². The molecule has 5 N–H and O–H groups in total. The van der Waals surface area contributed by atoms with E-state index in [1.54, 1.807) is 0 Å². The summed E-state index contributed by atoms with van der Waals surface area (Å²) in [7, 11) is -4.49. The fourth-order valence-corrected chi connectivity index (χ4v) is 1.78. The Balaban J connectivity index is 0. The largest absolute Gasteiger partial charge is 0.756 e. The molecule has 0 rings (SSSR count).